The first-order valence-electron chi connectivity index (χ1n) is 6.66. The highest BCUT2D eigenvalue weighted by atomic mass is 35.5. The number of rotatable bonds is 5. The minimum Gasteiger partial charge on any atom is -0.383 e. The smallest absolute Gasteiger partial charge is 0.0658 e. The fourth-order valence-corrected chi connectivity index (χ4v) is 2.35. The summed E-state index contributed by atoms with van der Waals surface area (Å²) in [6.45, 7) is 9.20. The van der Waals surface area contributed by atoms with Gasteiger partial charge >= 0.3 is 0 Å². The first-order valence-corrected chi connectivity index (χ1v) is 6.66. The summed E-state index contributed by atoms with van der Waals surface area (Å²) >= 11 is 0. The molecule has 0 amide bonds. The van der Waals surface area contributed by atoms with Crippen LogP contribution in [-0.2, 0) is 17.8 Å². The van der Waals surface area contributed by atoms with Gasteiger partial charge in [-0.05, 0) is 13.8 Å². The van der Waals surface area contributed by atoms with Gasteiger partial charge in [0, 0.05) is 50.6 Å². The number of aromatic nitrogens is 2. The second-order valence-corrected chi connectivity index (χ2v) is 5.19. The Morgan fingerprint density at radius 2 is 2.26 bits per heavy atom. The van der Waals surface area contributed by atoms with Crippen LogP contribution in [0.15, 0.2) is 12.4 Å². The van der Waals surface area contributed by atoms with E-state index < -0.39 is 0 Å². The Morgan fingerprint density at radius 3 is 3.00 bits per heavy atom. The fourth-order valence-electron chi connectivity index (χ4n) is 2.35. The van der Waals surface area contributed by atoms with Gasteiger partial charge in [-0.15, -0.1) is 12.4 Å². The van der Waals surface area contributed by atoms with Crippen molar-refractivity contribution in [1.82, 2.24) is 20.0 Å². The molecule has 2 atom stereocenters. The summed E-state index contributed by atoms with van der Waals surface area (Å²) in [5.74, 6) is 0. The van der Waals surface area contributed by atoms with Crippen LogP contribution in [-0.4, -0.2) is 53.6 Å². The lowest BCUT2D eigenvalue weighted by molar-refractivity contribution is 0.139. The van der Waals surface area contributed by atoms with Crippen molar-refractivity contribution in [2.75, 3.05) is 26.8 Å². The van der Waals surface area contributed by atoms with Gasteiger partial charge in [0.15, 0.2) is 0 Å². The highest BCUT2D eigenvalue weighted by Gasteiger charge is 2.22. The van der Waals surface area contributed by atoms with Crippen molar-refractivity contribution in [3.8, 4) is 0 Å². The number of ether oxygens (including phenoxy) is 1. The molecule has 1 N–H and O–H groups in total. The van der Waals surface area contributed by atoms with E-state index in [1.54, 1.807) is 7.11 Å². The van der Waals surface area contributed by atoms with Crippen LogP contribution in [0.4, 0.5) is 0 Å². The topological polar surface area (TPSA) is 42.3 Å². The number of nitrogens with one attached hydrogen (secondary N) is 1. The first-order chi connectivity index (χ1) is 8.69. The van der Waals surface area contributed by atoms with Gasteiger partial charge in [-0.1, -0.05) is 0 Å². The zero-order valence-electron chi connectivity index (χ0n) is 12.0. The van der Waals surface area contributed by atoms with Crippen molar-refractivity contribution in [3.05, 3.63) is 18.0 Å². The van der Waals surface area contributed by atoms with E-state index in [0.29, 0.717) is 18.7 Å². The molecule has 0 bridgehead atoms. The lowest BCUT2D eigenvalue weighted by atomic mass is 10.1. The van der Waals surface area contributed by atoms with Gasteiger partial charge < -0.3 is 10.1 Å². The SMILES string of the molecule is COCCn1cc(CN2CC(C)NCC2C)cn1.Cl. The first kappa shape index (κ1) is 16.4. The Bertz CT molecular complexity index is 371. The lowest BCUT2D eigenvalue weighted by Gasteiger charge is -2.37. The molecule has 1 aromatic heterocycles. The highest BCUT2D eigenvalue weighted by molar-refractivity contribution is 5.85. The Morgan fingerprint density at radius 1 is 1.47 bits per heavy atom. The van der Waals surface area contributed by atoms with Crippen LogP contribution in [0.2, 0.25) is 0 Å². The van der Waals surface area contributed by atoms with Gasteiger partial charge in [0.1, 0.15) is 0 Å². The third-order valence-electron chi connectivity index (χ3n) is 3.49. The van der Waals surface area contributed by atoms with Crippen LogP contribution in [0, 0.1) is 0 Å². The van der Waals surface area contributed by atoms with E-state index in [0.717, 1.165) is 26.2 Å². The lowest BCUT2D eigenvalue weighted by Crippen LogP contribution is -2.53. The summed E-state index contributed by atoms with van der Waals surface area (Å²) < 4.78 is 7.01. The number of piperazine rings is 1. The third-order valence-corrected chi connectivity index (χ3v) is 3.49. The fraction of sp³-hybridized carbons (Fsp3) is 0.769. The van der Waals surface area contributed by atoms with Crippen LogP contribution in [0.3, 0.4) is 0 Å². The van der Waals surface area contributed by atoms with E-state index in [1.165, 1.54) is 5.56 Å². The largest absolute Gasteiger partial charge is 0.383 e. The molecule has 0 spiro atoms. The quantitative estimate of drug-likeness (QED) is 0.882. The molecule has 1 saturated heterocycles. The summed E-state index contributed by atoms with van der Waals surface area (Å²) in [5.41, 5.74) is 1.28. The molecule has 1 fully saturated rings. The Kier molecular flexibility index (Phi) is 6.79. The van der Waals surface area contributed by atoms with E-state index >= 15 is 0 Å². The Balaban J connectivity index is 0.00000180. The molecule has 110 valence electrons. The van der Waals surface area contributed by atoms with Crippen LogP contribution in [0.25, 0.3) is 0 Å². The molecule has 19 heavy (non-hydrogen) atoms. The van der Waals surface area contributed by atoms with Crippen LogP contribution < -0.4 is 5.32 Å². The monoisotopic (exact) mass is 288 g/mol. The molecule has 2 heterocycles. The zero-order valence-corrected chi connectivity index (χ0v) is 12.8. The molecule has 6 heteroatoms. The molecule has 0 radical (unpaired) electrons. The van der Waals surface area contributed by atoms with Crippen LogP contribution in [0.5, 0.6) is 0 Å². The zero-order chi connectivity index (χ0) is 13.0. The molecule has 5 nitrogen and oxygen atoms in total. The molecule has 2 rings (SSSR count). The predicted molar refractivity (Wildman–Crippen MR) is 78.7 cm³/mol. The molecular weight excluding hydrogens is 264 g/mol. The van der Waals surface area contributed by atoms with Crippen molar-refractivity contribution in [2.45, 2.75) is 39.0 Å². The van der Waals surface area contributed by atoms with Crippen molar-refractivity contribution in [2.24, 2.45) is 0 Å². The summed E-state index contributed by atoms with van der Waals surface area (Å²) in [7, 11) is 1.72. The molecular formula is C13H25ClN4O. The van der Waals surface area contributed by atoms with E-state index in [9.17, 15) is 0 Å². The third kappa shape index (κ3) is 4.76. The van der Waals surface area contributed by atoms with Crippen molar-refractivity contribution in [3.63, 3.8) is 0 Å². The van der Waals surface area contributed by atoms with Crippen LogP contribution in [0.1, 0.15) is 19.4 Å². The molecule has 1 aliphatic heterocycles. The number of methoxy groups -OCH3 is 1. The Hall–Kier alpha value is -0.620. The van der Waals surface area contributed by atoms with E-state index in [4.69, 9.17) is 4.74 Å². The van der Waals surface area contributed by atoms with Gasteiger partial charge in [0.2, 0.25) is 0 Å². The molecule has 1 aromatic rings. The normalized spacial score (nSPS) is 24.2. The number of hydrogen-bond donors (Lipinski definition) is 1. The van der Waals surface area contributed by atoms with Crippen molar-refractivity contribution in [1.29, 1.82) is 0 Å². The van der Waals surface area contributed by atoms with E-state index in [1.807, 2.05) is 10.9 Å². The van der Waals surface area contributed by atoms with Crippen LogP contribution >= 0.6 is 12.4 Å². The predicted octanol–water partition coefficient (Wildman–Crippen LogP) is 1.13. The highest BCUT2D eigenvalue weighted by Crippen LogP contribution is 2.11. The molecule has 2 unspecified atom stereocenters. The van der Waals surface area contributed by atoms with E-state index in [-0.39, 0.29) is 12.4 Å². The van der Waals surface area contributed by atoms with Gasteiger partial charge in [-0.2, -0.15) is 5.10 Å². The summed E-state index contributed by atoms with van der Waals surface area (Å²) in [5, 5.41) is 7.86. The summed E-state index contributed by atoms with van der Waals surface area (Å²) in [6, 6.07) is 1.16. The summed E-state index contributed by atoms with van der Waals surface area (Å²) in [4.78, 5) is 2.51. The number of hydrogen-bond acceptors (Lipinski definition) is 4. The van der Waals surface area contributed by atoms with Crippen molar-refractivity contribution < 1.29 is 4.74 Å². The maximum atomic E-state index is 5.06. The maximum absolute atomic E-state index is 5.06. The molecule has 0 saturated carbocycles. The maximum Gasteiger partial charge on any atom is 0.0658 e. The second-order valence-electron chi connectivity index (χ2n) is 5.19. The molecule has 1 aliphatic rings. The minimum atomic E-state index is 0. The molecule has 0 aromatic carbocycles. The van der Waals surface area contributed by atoms with Gasteiger partial charge in [0.25, 0.3) is 0 Å². The average molecular weight is 289 g/mol. The average Bonchev–Trinajstić information content (AvgIpc) is 2.79. The number of nitrogens with zero attached hydrogens (tertiary/aromatic N) is 3. The van der Waals surface area contributed by atoms with E-state index in [2.05, 4.69) is 35.4 Å². The Labute approximate surface area is 121 Å². The van der Waals surface area contributed by atoms with Gasteiger partial charge in [0.05, 0.1) is 19.3 Å². The minimum absolute atomic E-state index is 0. The van der Waals surface area contributed by atoms with Crippen molar-refractivity contribution >= 4 is 12.4 Å². The second kappa shape index (κ2) is 7.85. The standard InChI is InChI=1S/C13H24N4O.ClH/c1-11-8-16(12(2)6-14-11)9-13-7-15-17(10-13)4-5-18-3;/h7,10-12,14H,4-6,8-9H2,1-3H3;1H. The summed E-state index contributed by atoms with van der Waals surface area (Å²) in [6.07, 6.45) is 4.09. The van der Waals surface area contributed by atoms with Gasteiger partial charge in [-0.25, -0.2) is 0 Å². The van der Waals surface area contributed by atoms with Gasteiger partial charge in [-0.3, -0.25) is 9.58 Å². The molecule has 0 aliphatic carbocycles. The number of halogens is 1.